The standard InChI is InChI=1S/C14H18O3S2/c15-13-17-8-10-18-9-6-16-7-11-19-12-14-4-2-1-3-5-14/h2-5H,6-12H2. The maximum absolute atomic E-state index is 9.76. The average molecular weight is 298 g/mol. The Morgan fingerprint density at radius 1 is 1.05 bits per heavy atom. The Morgan fingerprint density at radius 2 is 1.74 bits per heavy atom. The third kappa shape index (κ3) is 9.87. The average Bonchev–Trinajstić information content (AvgIpc) is 2.46. The highest BCUT2D eigenvalue weighted by molar-refractivity contribution is 7.99. The summed E-state index contributed by atoms with van der Waals surface area (Å²) in [6.45, 7) is 3.36. The number of carbonyl (C=O) groups excluding carboxylic acids is 1. The molecule has 19 heavy (non-hydrogen) atoms. The van der Waals surface area contributed by atoms with Crippen LogP contribution in [-0.4, -0.2) is 43.6 Å². The molecule has 1 rings (SSSR count). The van der Waals surface area contributed by atoms with E-state index in [2.05, 4.69) is 22.9 Å². The van der Waals surface area contributed by atoms with Crippen molar-refractivity contribution in [1.29, 1.82) is 0 Å². The first-order valence-corrected chi connectivity index (χ1v) is 8.41. The Morgan fingerprint density at radius 3 is 2.47 bits per heavy atom. The molecule has 0 N–H and O–H groups in total. The zero-order valence-electron chi connectivity index (χ0n) is 10.8. The number of hydrogen-bond acceptors (Lipinski definition) is 5. The second-order valence-corrected chi connectivity index (χ2v) is 5.95. The van der Waals surface area contributed by atoms with E-state index >= 15 is 0 Å². The van der Waals surface area contributed by atoms with Gasteiger partial charge in [0.2, 0.25) is 0 Å². The lowest BCUT2D eigenvalue weighted by atomic mass is 10.2. The van der Waals surface area contributed by atoms with Crippen molar-refractivity contribution in [3.63, 3.8) is 0 Å². The van der Waals surface area contributed by atoms with Gasteiger partial charge in [-0.15, -0.1) is 0 Å². The molecular formula is C14H18O3S2. The number of benzene rings is 1. The molecule has 0 heterocycles. The molecule has 0 aromatic heterocycles. The molecule has 1 aromatic rings. The van der Waals surface area contributed by atoms with Gasteiger partial charge in [-0.2, -0.15) is 23.5 Å². The van der Waals surface area contributed by atoms with Crippen molar-refractivity contribution in [2.24, 2.45) is 0 Å². The van der Waals surface area contributed by atoms with Gasteiger partial charge in [-0.05, 0) is 11.6 Å². The highest BCUT2D eigenvalue weighted by Gasteiger charge is 1.94. The Hall–Kier alpha value is -0.650. The van der Waals surface area contributed by atoms with Gasteiger partial charge in [-0.3, -0.25) is 0 Å². The minimum absolute atomic E-state index is 0.429. The number of ether oxygens (including phenoxy) is 2. The molecule has 0 atom stereocenters. The molecule has 0 spiro atoms. The minimum Gasteiger partial charge on any atom is -0.456 e. The Balaban J connectivity index is 1.80. The smallest absolute Gasteiger partial charge is 0.417 e. The van der Waals surface area contributed by atoms with Crippen LogP contribution in [0.1, 0.15) is 5.56 Å². The first-order valence-electron chi connectivity index (χ1n) is 6.10. The van der Waals surface area contributed by atoms with Crippen molar-refractivity contribution in [3.05, 3.63) is 35.9 Å². The van der Waals surface area contributed by atoms with Gasteiger partial charge in [0.15, 0.2) is 0 Å². The third-order valence-corrected chi connectivity index (χ3v) is 4.09. The summed E-state index contributed by atoms with van der Waals surface area (Å²) in [7, 11) is 0. The van der Waals surface area contributed by atoms with E-state index in [1.807, 2.05) is 23.9 Å². The SMILES string of the molecule is O=[C]OCCSCCOCCSCc1cc[c]cc1. The molecule has 0 amide bonds. The van der Waals surface area contributed by atoms with Crippen LogP contribution >= 0.6 is 23.5 Å². The fourth-order valence-electron chi connectivity index (χ4n) is 1.29. The molecule has 104 valence electrons. The summed E-state index contributed by atoms with van der Waals surface area (Å²) in [6, 6.07) is 11.1. The molecule has 0 aliphatic carbocycles. The Kier molecular flexibility index (Phi) is 10.7. The zero-order chi connectivity index (χ0) is 13.6. The Labute approximate surface area is 123 Å². The minimum atomic E-state index is 0.429. The normalized spacial score (nSPS) is 10.3. The summed E-state index contributed by atoms with van der Waals surface area (Å²) < 4.78 is 9.97. The number of thioether (sulfide) groups is 2. The molecule has 3 nitrogen and oxygen atoms in total. The van der Waals surface area contributed by atoms with Crippen LogP contribution in [0.3, 0.4) is 0 Å². The lowest BCUT2D eigenvalue weighted by Gasteiger charge is -2.04. The van der Waals surface area contributed by atoms with Crippen LogP contribution in [0.2, 0.25) is 0 Å². The fourth-order valence-corrected chi connectivity index (χ4v) is 2.74. The van der Waals surface area contributed by atoms with Crippen molar-refractivity contribution in [1.82, 2.24) is 0 Å². The number of rotatable bonds is 12. The van der Waals surface area contributed by atoms with Gasteiger partial charge in [0.1, 0.15) is 6.61 Å². The van der Waals surface area contributed by atoms with Gasteiger partial charge in [0, 0.05) is 23.0 Å². The zero-order valence-corrected chi connectivity index (χ0v) is 12.4. The maximum Gasteiger partial charge on any atom is 0.417 e. The van der Waals surface area contributed by atoms with Crippen molar-refractivity contribution < 1.29 is 14.3 Å². The van der Waals surface area contributed by atoms with Crippen molar-refractivity contribution in [2.75, 3.05) is 37.1 Å². The summed E-state index contributed by atoms with van der Waals surface area (Å²) in [4.78, 5) is 9.76. The molecule has 0 unspecified atom stereocenters. The van der Waals surface area contributed by atoms with E-state index < -0.39 is 0 Å². The second-order valence-electron chi connectivity index (χ2n) is 3.62. The molecule has 0 saturated carbocycles. The molecule has 5 heteroatoms. The summed E-state index contributed by atoms with van der Waals surface area (Å²) in [5, 5.41) is 0. The van der Waals surface area contributed by atoms with E-state index in [4.69, 9.17) is 4.74 Å². The molecule has 0 aliphatic heterocycles. The summed E-state index contributed by atoms with van der Waals surface area (Å²) in [6.07, 6.45) is 0. The van der Waals surface area contributed by atoms with Crippen molar-refractivity contribution in [3.8, 4) is 0 Å². The van der Waals surface area contributed by atoms with E-state index in [1.54, 1.807) is 11.8 Å². The van der Waals surface area contributed by atoms with Crippen LogP contribution in [0, 0.1) is 6.07 Å². The predicted octanol–water partition coefficient (Wildman–Crippen LogP) is 2.55. The van der Waals surface area contributed by atoms with Gasteiger partial charge < -0.3 is 9.47 Å². The van der Waals surface area contributed by atoms with Gasteiger partial charge in [-0.1, -0.05) is 24.3 Å². The first kappa shape index (κ1) is 16.4. The van der Waals surface area contributed by atoms with Crippen LogP contribution < -0.4 is 0 Å². The van der Waals surface area contributed by atoms with Crippen LogP contribution in [-0.2, 0) is 20.0 Å². The van der Waals surface area contributed by atoms with E-state index in [1.165, 1.54) is 12.0 Å². The van der Waals surface area contributed by atoms with Gasteiger partial charge in [0.05, 0.1) is 13.2 Å². The van der Waals surface area contributed by atoms with E-state index in [0.29, 0.717) is 6.61 Å². The van der Waals surface area contributed by atoms with Crippen LogP contribution in [0.4, 0.5) is 0 Å². The quantitative estimate of drug-likeness (QED) is 0.554. The van der Waals surface area contributed by atoms with Gasteiger partial charge in [0.25, 0.3) is 0 Å². The second kappa shape index (κ2) is 12.4. The van der Waals surface area contributed by atoms with E-state index in [0.717, 1.165) is 36.2 Å². The molecule has 2 radical (unpaired) electrons. The molecule has 0 fully saturated rings. The van der Waals surface area contributed by atoms with Crippen LogP contribution in [0.15, 0.2) is 24.3 Å². The first-order chi connectivity index (χ1) is 9.43. The largest absolute Gasteiger partial charge is 0.456 e. The van der Waals surface area contributed by atoms with Crippen LogP contribution in [0.5, 0.6) is 0 Å². The molecular weight excluding hydrogens is 280 g/mol. The Bertz CT molecular complexity index is 320. The maximum atomic E-state index is 9.76. The lowest BCUT2D eigenvalue weighted by Crippen LogP contribution is -2.03. The fraction of sp³-hybridized carbons (Fsp3) is 0.500. The third-order valence-electron chi connectivity index (χ3n) is 2.19. The molecule has 1 aromatic carbocycles. The highest BCUT2D eigenvalue weighted by Crippen LogP contribution is 2.11. The monoisotopic (exact) mass is 298 g/mol. The summed E-state index contributed by atoms with van der Waals surface area (Å²) in [5.41, 5.74) is 1.33. The van der Waals surface area contributed by atoms with E-state index in [-0.39, 0.29) is 0 Å². The van der Waals surface area contributed by atoms with Gasteiger partial charge in [-0.25, -0.2) is 4.79 Å². The summed E-state index contributed by atoms with van der Waals surface area (Å²) in [5.74, 6) is 3.76. The highest BCUT2D eigenvalue weighted by atomic mass is 32.2. The van der Waals surface area contributed by atoms with Crippen molar-refractivity contribution >= 4 is 30.0 Å². The molecule has 0 bridgehead atoms. The molecule has 0 saturated heterocycles. The van der Waals surface area contributed by atoms with Gasteiger partial charge >= 0.3 is 6.47 Å². The van der Waals surface area contributed by atoms with Crippen molar-refractivity contribution in [2.45, 2.75) is 5.75 Å². The lowest BCUT2D eigenvalue weighted by molar-refractivity contribution is 0.167. The van der Waals surface area contributed by atoms with Crippen LogP contribution in [0.25, 0.3) is 0 Å². The number of hydrogen-bond donors (Lipinski definition) is 0. The van der Waals surface area contributed by atoms with E-state index in [9.17, 15) is 4.79 Å². The predicted molar refractivity (Wildman–Crippen MR) is 81.2 cm³/mol. The topological polar surface area (TPSA) is 35.5 Å². The summed E-state index contributed by atoms with van der Waals surface area (Å²) >= 11 is 3.59. The molecule has 0 aliphatic rings.